The van der Waals surface area contributed by atoms with Gasteiger partial charge in [0, 0.05) is 30.0 Å². The van der Waals surface area contributed by atoms with E-state index in [2.05, 4.69) is 38.3 Å². The maximum atomic E-state index is 12.1. The molecule has 3 heterocycles. The fourth-order valence-electron chi connectivity index (χ4n) is 9.41. The smallest absolute Gasteiger partial charge is 0.220 e. The summed E-state index contributed by atoms with van der Waals surface area (Å²) in [6.45, 7) is 10.7. The van der Waals surface area contributed by atoms with Crippen molar-refractivity contribution in [1.82, 2.24) is 10.6 Å². The number of carbonyl (C=O) groups excluding carboxylic acids is 1. The molecule has 1 spiro atoms. The summed E-state index contributed by atoms with van der Waals surface area (Å²) in [7, 11) is 0. The van der Waals surface area contributed by atoms with Gasteiger partial charge in [0.05, 0.1) is 11.7 Å². The van der Waals surface area contributed by atoms with Crippen LogP contribution in [0.2, 0.25) is 0 Å². The average Bonchev–Trinajstić information content (AvgIpc) is 3.13. The highest BCUT2D eigenvalue weighted by molar-refractivity contribution is 5.77. The molecule has 4 N–H and O–H groups in total. The van der Waals surface area contributed by atoms with E-state index in [0.717, 1.165) is 51.5 Å². The number of nitrogens with two attached hydrogens (primary N) is 1. The van der Waals surface area contributed by atoms with Crippen molar-refractivity contribution in [1.29, 1.82) is 0 Å². The maximum Gasteiger partial charge on any atom is 0.220 e. The average molecular weight is 442 g/mol. The van der Waals surface area contributed by atoms with Crippen LogP contribution in [0, 0.1) is 29.1 Å². The highest BCUT2D eigenvalue weighted by atomic mass is 16.5. The molecule has 0 unspecified atom stereocenters. The van der Waals surface area contributed by atoms with Crippen LogP contribution >= 0.6 is 0 Å². The molecule has 0 radical (unpaired) electrons. The molecule has 6 aliphatic rings. The largest absolute Gasteiger partial charge is 0.369 e. The zero-order valence-electron chi connectivity index (χ0n) is 20.5. The van der Waals surface area contributed by atoms with Gasteiger partial charge in [-0.1, -0.05) is 31.9 Å². The number of nitrogens with one attached hydrogen (secondary N) is 2. The standard InChI is InChI=1S/C27H43N3O2/c1-15-11-20-24(29-14-15)17(3)26(32-20)9-5-19-18(16(2)13-26)12-21-25(4)8-7-23(31)30-22(25)6-10-27(19,21)28/h15,17,19-22,24,29H,5-14,28H2,1-4H3,(H,30,31)/t15-,17+,19+,20+,21+,22-,24-,25+,26-,27+/m0/s1. The first-order chi connectivity index (χ1) is 15.2. The van der Waals surface area contributed by atoms with E-state index in [9.17, 15) is 4.79 Å². The summed E-state index contributed by atoms with van der Waals surface area (Å²) >= 11 is 0. The van der Waals surface area contributed by atoms with Crippen LogP contribution < -0.4 is 16.4 Å². The van der Waals surface area contributed by atoms with E-state index < -0.39 is 0 Å². The normalized spacial score (nSPS) is 55.0. The lowest BCUT2D eigenvalue weighted by Crippen LogP contribution is -2.66. The van der Waals surface area contributed by atoms with Crippen molar-refractivity contribution in [3.8, 4) is 0 Å². The minimum atomic E-state index is -0.128. The van der Waals surface area contributed by atoms with Crippen LogP contribution in [-0.4, -0.2) is 41.8 Å². The third-order valence-electron chi connectivity index (χ3n) is 11.3. The van der Waals surface area contributed by atoms with Gasteiger partial charge in [-0.25, -0.2) is 0 Å². The number of hydrogen-bond acceptors (Lipinski definition) is 4. The van der Waals surface area contributed by atoms with Crippen LogP contribution in [-0.2, 0) is 9.53 Å². The van der Waals surface area contributed by atoms with Gasteiger partial charge in [-0.2, -0.15) is 0 Å². The van der Waals surface area contributed by atoms with Gasteiger partial charge in [-0.3, -0.25) is 4.79 Å². The molecular weight excluding hydrogens is 398 g/mol. The molecule has 5 nitrogen and oxygen atoms in total. The van der Waals surface area contributed by atoms with Gasteiger partial charge in [0.2, 0.25) is 5.91 Å². The second kappa shape index (κ2) is 7.05. The van der Waals surface area contributed by atoms with E-state index in [4.69, 9.17) is 10.5 Å². The number of rotatable bonds is 0. The zero-order valence-corrected chi connectivity index (χ0v) is 20.5. The van der Waals surface area contributed by atoms with Gasteiger partial charge in [-0.05, 0) is 88.0 Å². The summed E-state index contributed by atoms with van der Waals surface area (Å²) < 4.78 is 6.99. The van der Waals surface area contributed by atoms with Gasteiger partial charge < -0.3 is 21.1 Å². The minimum Gasteiger partial charge on any atom is -0.369 e. The molecular formula is C27H43N3O2. The highest BCUT2D eigenvalue weighted by Crippen LogP contribution is 2.63. The third kappa shape index (κ3) is 2.83. The van der Waals surface area contributed by atoms with Gasteiger partial charge >= 0.3 is 0 Å². The second-order valence-electron chi connectivity index (χ2n) is 12.9. The van der Waals surface area contributed by atoms with Crippen LogP contribution in [0.15, 0.2) is 11.1 Å². The van der Waals surface area contributed by atoms with Crippen molar-refractivity contribution in [2.75, 3.05) is 6.54 Å². The molecule has 3 aliphatic carbocycles. The number of carbonyl (C=O) groups is 1. The lowest BCUT2D eigenvalue weighted by atomic mass is 9.54. The Morgan fingerprint density at radius 2 is 1.97 bits per heavy atom. The predicted molar refractivity (Wildman–Crippen MR) is 126 cm³/mol. The van der Waals surface area contributed by atoms with Crippen LogP contribution in [0.3, 0.4) is 0 Å². The van der Waals surface area contributed by atoms with E-state index in [1.165, 1.54) is 6.42 Å². The zero-order chi connectivity index (χ0) is 22.5. The van der Waals surface area contributed by atoms with E-state index in [1.807, 2.05) is 0 Å². The molecule has 178 valence electrons. The van der Waals surface area contributed by atoms with Crippen molar-refractivity contribution >= 4 is 5.91 Å². The van der Waals surface area contributed by atoms with Crippen molar-refractivity contribution < 1.29 is 9.53 Å². The molecule has 32 heavy (non-hydrogen) atoms. The molecule has 6 rings (SSSR count). The molecule has 10 atom stereocenters. The first kappa shape index (κ1) is 21.6. The van der Waals surface area contributed by atoms with Gasteiger partial charge in [0.25, 0.3) is 0 Å². The molecule has 5 heteroatoms. The quantitative estimate of drug-likeness (QED) is 0.501. The molecule has 3 aliphatic heterocycles. The Bertz CT molecular complexity index is 856. The maximum absolute atomic E-state index is 12.1. The SMILES string of the molecule is CC1=C2C[C@@H]3[C@@]4(C)CCC(=O)N[C@H]4CC[C@@]3(N)[C@@H]2CC[C@@]2(C1)O[C@@H]1C[C@H](C)CN[C@H]1[C@H]2C. The first-order valence-electron chi connectivity index (χ1n) is 13.3. The molecule has 1 amide bonds. The van der Waals surface area contributed by atoms with E-state index in [1.54, 1.807) is 11.1 Å². The number of piperidine rings is 2. The summed E-state index contributed by atoms with van der Waals surface area (Å²) in [4.78, 5) is 12.1. The van der Waals surface area contributed by atoms with Crippen LogP contribution in [0.25, 0.3) is 0 Å². The molecule has 0 aromatic carbocycles. The van der Waals surface area contributed by atoms with Crippen molar-refractivity contribution in [3.63, 3.8) is 0 Å². The topological polar surface area (TPSA) is 76.4 Å². The lowest BCUT2D eigenvalue weighted by Gasteiger charge is -2.56. The predicted octanol–water partition coefficient (Wildman–Crippen LogP) is 3.67. The second-order valence-corrected chi connectivity index (χ2v) is 12.9. The number of ether oxygens (including phenoxy) is 1. The summed E-state index contributed by atoms with van der Waals surface area (Å²) in [5.74, 6) is 2.43. The lowest BCUT2D eigenvalue weighted by molar-refractivity contribution is -0.130. The van der Waals surface area contributed by atoms with Gasteiger partial charge in [-0.15, -0.1) is 0 Å². The number of fused-ring (bicyclic) bond motifs is 6. The van der Waals surface area contributed by atoms with Gasteiger partial charge in [0.15, 0.2) is 0 Å². The van der Waals surface area contributed by atoms with E-state index in [-0.39, 0.29) is 22.5 Å². The Morgan fingerprint density at radius 1 is 1.16 bits per heavy atom. The van der Waals surface area contributed by atoms with E-state index >= 15 is 0 Å². The van der Waals surface area contributed by atoms with Crippen LogP contribution in [0.4, 0.5) is 0 Å². The number of hydrogen-bond donors (Lipinski definition) is 3. The molecule has 5 fully saturated rings. The van der Waals surface area contributed by atoms with Crippen LogP contribution in [0.5, 0.6) is 0 Å². The summed E-state index contributed by atoms with van der Waals surface area (Å²) in [6, 6.07) is 0.802. The fourth-order valence-corrected chi connectivity index (χ4v) is 9.41. The van der Waals surface area contributed by atoms with Crippen molar-refractivity contribution in [3.05, 3.63) is 11.1 Å². The molecule has 0 aromatic heterocycles. The Kier molecular flexibility index (Phi) is 4.76. The van der Waals surface area contributed by atoms with E-state index in [0.29, 0.717) is 48.3 Å². The molecule has 2 saturated carbocycles. The Hall–Kier alpha value is -0.910. The van der Waals surface area contributed by atoms with Crippen LogP contribution in [0.1, 0.15) is 85.5 Å². The Balaban J connectivity index is 1.31. The highest BCUT2D eigenvalue weighted by Gasteiger charge is 2.64. The monoisotopic (exact) mass is 441 g/mol. The molecule has 0 bridgehead atoms. The van der Waals surface area contributed by atoms with Crippen molar-refractivity contribution in [2.24, 2.45) is 34.8 Å². The third-order valence-corrected chi connectivity index (χ3v) is 11.3. The summed E-state index contributed by atoms with van der Waals surface area (Å²) in [6.07, 6.45) is 9.76. The molecule has 3 saturated heterocycles. The first-order valence-corrected chi connectivity index (χ1v) is 13.3. The summed E-state index contributed by atoms with van der Waals surface area (Å²) in [5, 5.41) is 7.16. The molecule has 0 aromatic rings. The van der Waals surface area contributed by atoms with Crippen molar-refractivity contribution in [2.45, 2.75) is 115 Å². The van der Waals surface area contributed by atoms with Gasteiger partial charge in [0.1, 0.15) is 0 Å². The summed E-state index contributed by atoms with van der Waals surface area (Å²) in [5.41, 5.74) is 10.6. The Labute approximate surface area is 193 Å². The Morgan fingerprint density at radius 3 is 2.78 bits per heavy atom. The number of amides is 1. The fraction of sp³-hybridized carbons (Fsp3) is 0.889. The minimum absolute atomic E-state index is 0.0282.